The fourth-order valence-corrected chi connectivity index (χ4v) is 2.05. The fraction of sp³-hybridized carbons (Fsp3) is 0.500. The average molecular weight is 264 g/mol. The molecule has 104 valence electrons. The molecule has 0 aliphatic carbocycles. The van der Waals surface area contributed by atoms with Gasteiger partial charge in [-0.25, -0.2) is 0 Å². The Labute approximate surface area is 113 Å². The van der Waals surface area contributed by atoms with E-state index < -0.39 is 0 Å². The lowest BCUT2D eigenvalue weighted by atomic mass is 10.2. The Morgan fingerprint density at radius 1 is 1.32 bits per heavy atom. The number of carbonyl (C=O) groups is 1. The van der Waals surface area contributed by atoms with Crippen LogP contribution < -0.4 is 5.32 Å². The summed E-state index contributed by atoms with van der Waals surface area (Å²) in [6.07, 6.45) is 0.480. The van der Waals surface area contributed by atoms with Gasteiger partial charge < -0.3 is 20.1 Å². The number of carbonyl (C=O) groups excluding carboxylic acids is 1. The Hall–Kier alpha value is -1.59. The van der Waals surface area contributed by atoms with Crippen LogP contribution in [0.25, 0.3) is 0 Å². The van der Waals surface area contributed by atoms with Crippen LogP contribution in [-0.4, -0.2) is 48.8 Å². The second kappa shape index (κ2) is 7.11. The maximum Gasteiger partial charge on any atom is 0.224 e. The molecule has 1 heterocycles. The number of phenolic OH excluding ortho intramolecular Hbond substituents is 1. The molecule has 0 aromatic heterocycles. The van der Waals surface area contributed by atoms with Gasteiger partial charge >= 0.3 is 0 Å². The average Bonchev–Trinajstić information content (AvgIpc) is 2.46. The number of morpholine rings is 1. The molecule has 1 aliphatic heterocycles. The Balaban J connectivity index is 1.66. The third-order valence-electron chi connectivity index (χ3n) is 3.19. The van der Waals surface area contributed by atoms with Crippen LogP contribution in [0.4, 0.5) is 0 Å². The summed E-state index contributed by atoms with van der Waals surface area (Å²) in [5.41, 5.74) is 0.848. The van der Waals surface area contributed by atoms with Crippen LogP contribution in [0, 0.1) is 0 Å². The Bertz CT molecular complexity index is 417. The van der Waals surface area contributed by atoms with E-state index >= 15 is 0 Å². The lowest BCUT2D eigenvalue weighted by molar-refractivity contribution is -0.135. The quantitative estimate of drug-likeness (QED) is 0.770. The van der Waals surface area contributed by atoms with E-state index in [1.165, 1.54) is 0 Å². The molecule has 1 aromatic carbocycles. The number of aromatic hydroxyl groups is 1. The van der Waals surface area contributed by atoms with Crippen molar-refractivity contribution in [3.8, 4) is 5.75 Å². The SMILES string of the molecule is O=C(CCNCc1ccccc1O)N1CCOCC1. The number of benzene rings is 1. The Morgan fingerprint density at radius 2 is 2.05 bits per heavy atom. The van der Waals surface area contributed by atoms with E-state index in [1.54, 1.807) is 12.1 Å². The second-order valence-corrected chi connectivity index (χ2v) is 4.55. The van der Waals surface area contributed by atoms with Crippen LogP contribution >= 0.6 is 0 Å². The number of hydrogen-bond donors (Lipinski definition) is 2. The summed E-state index contributed by atoms with van der Waals surface area (Å²) in [5.74, 6) is 0.447. The number of hydrogen-bond acceptors (Lipinski definition) is 4. The topological polar surface area (TPSA) is 61.8 Å². The molecular weight excluding hydrogens is 244 g/mol. The molecule has 1 saturated heterocycles. The van der Waals surface area contributed by atoms with Gasteiger partial charge in [0.2, 0.25) is 5.91 Å². The smallest absolute Gasteiger partial charge is 0.224 e. The van der Waals surface area contributed by atoms with Gasteiger partial charge in [0.15, 0.2) is 0 Å². The van der Waals surface area contributed by atoms with Crippen molar-refractivity contribution >= 4 is 5.91 Å². The molecular formula is C14H20N2O3. The maximum absolute atomic E-state index is 11.9. The van der Waals surface area contributed by atoms with Crippen molar-refractivity contribution in [2.45, 2.75) is 13.0 Å². The normalized spacial score (nSPS) is 15.5. The summed E-state index contributed by atoms with van der Waals surface area (Å²) in [6, 6.07) is 7.21. The van der Waals surface area contributed by atoms with Gasteiger partial charge in [0.1, 0.15) is 5.75 Å². The highest BCUT2D eigenvalue weighted by Gasteiger charge is 2.15. The summed E-state index contributed by atoms with van der Waals surface area (Å²) < 4.78 is 5.21. The number of nitrogens with one attached hydrogen (secondary N) is 1. The number of para-hydroxylation sites is 1. The Kier molecular flexibility index (Phi) is 5.18. The van der Waals surface area contributed by atoms with E-state index in [4.69, 9.17) is 4.74 Å². The van der Waals surface area contributed by atoms with Crippen molar-refractivity contribution in [3.63, 3.8) is 0 Å². The molecule has 2 rings (SSSR count). The summed E-state index contributed by atoms with van der Waals surface area (Å²) in [6.45, 7) is 3.85. The van der Waals surface area contributed by atoms with Crippen LogP contribution in [0.15, 0.2) is 24.3 Å². The van der Waals surface area contributed by atoms with E-state index in [0.29, 0.717) is 45.8 Å². The minimum absolute atomic E-state index is 0.160. The molecule has 0 unspecified atom stereocenters. The first-order valence-corrected chi connectivity index (χ1v) is 6.60. The van der Waals surface area contributed by atoms with Crippen LogP contribution in [0.3, 0.4) is 0 Å². The summed E-state index contributed by atoms with van der Waals surface area (Å²) >= 11 is 0. The molecule has 1 amide bonds. The zero-order valence-electron chi connectivity index (χ0n) is 11.0. The van der Waals surface area contributed by atoms with Crippen LogP contribution in [0.2, 0.25) is 0 Å². The Morgan fingerprint density at radius 3 is 2.79 bits per heavy atom. The van der Waals surface area contributed by atoms with Crippen LogP contribution in [-0.2, 0) is 16.1 Å². The standard InChI is InChI=1S/C14H20N2O3/c17-13-4-2-1-3-12(13)11-15-6-5-14(18)16-7-9-19-10-8-16/h1-4,15,17H,5-11H2. The van der Waals surface area contributed by atoms with E-state index in [-0.39, 0.29) is 11.7 Å². The zero-order chi connectivity index (χ0) is 13.5. The molecule has 1 aliphatic rings. The van der Waals surface area contributed by atoms with E-state index in [9.17, 15) is 9.90 Å². The number of phenols is 1. The molecule has 0 atom stereocenters. The third kappa shape index (κ3) is 4.22. The third-order valence-corrected chi connectivity index (χ3v) is 3.19. The maximum atomic E-state index is 11.9. The van der Waals surface area contributed by atoms with Crippen molar-refractivity contribution in [1.82, 2.24) is 10.2 Å². The van der Waals surface area contributed by atoms with E-state index in [2.05, 4.69) is 5.32 Å². The highest BCUT2D eigenvalue weighted by Crippen LogP contribution is 2.14. The molecule has 0 saturated carbocycles. The monoisotopic (exact) mass is 264 g/mol. The van der Waals surface area contributed by atoms with Gasteiger partial charge in [-0.2, -0.15) is 0 Å². The van der Waals surface area contributed by atoms with E-state index in [1.807, 2.05) is 17.0 Å². The summed E-state index contributed by atoms with van der Waals surface area (Å²) in [5, 5.41) is 12.8. The lowest BCUT2D eigenvalue weighted by Gasteiger charge is -2.26. The van der Waals surface area contributed by atoms with Crippen molar-refractivity contribution in [2.75, 3.05) is 32.8 Å². The molecule has 0 radical (unpaired) electrons. The molecule has 2 N–H and O–H groups in total. The zero-order valence-corrected chi connectivity index (χ0v) is 11.0. The second-order valence-electron chi connectivity index (χ2n) is 4.55. The number of rotatable bonds is 5. The number of amides is 1. The highest BCUT2D eigenvalue weighted by atomic mass is 16.5. The molecule has 0 bridgehead atoms. The van der Waals surface area contributed by atoms with Gasteiger partial charge in [-0.05, 0) is 6.07 Å². The molecule has 5 nitrogen and oxygen atoms in total. The summed E-state index contributed by atoms with van der Waals surface area (Å²) in [7, 11) is 0. The van der Waals surface area contributed by atoms with Gasteiger partial charge in [-0.3, -0.25) is 4.79 Å². The predicted molar refractivity (Wildman–Crippen MR) is 71.8 cm³/mol. The minimum Gasteiger partial charge on any atom is -0.508 e. The largest absolute Gasteiger partial charge is 0.508 e. The first kappa shape index (κ1) is 13.8. The van der Waals surface area contributed by atoms with Crippen molar-refractivity contribution in [3.05, 3.63) is 29.8 Å². The predicted octanol–water partition coefficient (Wildman–Crippen LogP) is 0.731. The molecule has 5 heteroatoms. The molecule has 0 spiro atoms. The van der Waals surface area contributed by atoms with Gasteiger partial charge in [-0.1, -0.05) is 18.2 Å². The van der Waals surface area contributed by atoms with Gasteiger partial charge in [0, 0.05) is 38.2 Å². The summed E-state index contributed by atoms with van der Waals surface area (Å²) in [4.78, 5) is 13.7. The van der Waals surface area contributed by atoms with Gasteiger partial charge in [-0.15, -0.1) is 0 Å². The molecule has 19 heavy (non-hydrogen) atoms. The number of nitrogens with zero attached hydrogens (tertiary/aromatic N) is 1. The van der Waals surface area contributed by atoms with Crippen LogP contribution in [0.1, 0.15) is 12.0 Å². The van der Waals surface area contributed by atoms with E-state index in [0.717, 1.165) is 5.56 Å². The minimum atomic E-state index is 0.160. The lowest BCUT2D eigenvalue weighted by Crippen LogP contribution is -2.41. The molecule has 1 aromatic rings. The molecule has 1 fully saturated rings. The van der Waals surface area contributed by atoms with Crippen LogP contribution in [0.5, 0.6) is 5.75 Å². The highest BCUT2D eigenvalue weighted by molar-refractivity contribution is 5.76. The first-order valence-electron chi connectivity index (χ1n) is 6.60. The number of ether oxygens (including phenoxy) is 1. The van der Waals surface area contributed by atoms with Crippen molar-refractivity contribution in [1.29, 1.82) is 0 Å². The van der Waals surface area contributed by atoms with Gasteiger partial charge in [0.25, 0.3) is 0 Å². The first-order chi connectivity index (χ1) is 9.27. The van der Waals surface area contributed by atoms with Gasteiger partial charge in [0.05, 0.1) is 13.2 Å². The van der Waals surface area contributed by atoms with Crippen molar-refractivity contribution < 1.29 is 14.6 Å². The van der Waals surface area contributed by atoms with Crippen molar-refractivity contribution in [2.24, 2.45) is 0 Å². The fourth-order valence-electron chi connectivity index (χ4n) is 2.05.